The number of nitrogens with zero attached hydrogens (tertiary/aromatic N) is 4. The second-order valence-corrected chi connectivity index (χ2v) is 11.7. The van der Waals surface area contributed by atoms with Gasteiger partial charge in [0.2, 0.25) is 11.8 Å². The summed E-state index contributed by atoms with van der Waals surface area (Å²) in [5, 5.41) is 12.2. The fourth-order valence-corrected chi connectivity index (χ4v) is 7.04. The van der Waals surface area contributed by atoms with Crippen LogP contribution in [0.4, 0.5) is 10.5 Å². The summed E-state index contributed by atoms with van der Waals surface area (Å²) in [6.07, 6.45) is 2.39. The third-order valence-corrected chi connectivity index (χ3v) is 8.53. The summed E-state index contributed by atoms with van der Waals surface area (Å²) in [7, 11) is 1.70. The van der Waals surface area contributed by atoms with Gasteiger partial charge in [-0.15, -0.1) is 0 Å². The quantitative estimate of drug-likeness (QED) is 0.616. The summed E-state index contributed by atoms with van der Waals surface area (Å²) >= 11 is 0. The first-order valence-corrected chi connectivity index (χ1v) is 12.7. The van der Waals surface area contributed by atoms with Gasteiger partial charge in [0.25, 0.3) is 0 Å². The molecule has 0 bridgehead atoms. The average Bonchev–Trinajstić information content (AvgIpc) is 3.31. The highest BCUT2D eigenvalue weighted by Crippen LogP contribution is 2.52. The third-order valence-electron chi connectivity index (χ3n) is 8.53. The first-order chi connectivity index (χ1) is 16.9. The number of amides is 3. The maximum absolute atomic E-state index is 13.1. The number of aryl methyl sites for hydroxylation is 1. The van der Waals surface area contributed by atoms with Crippen LogP contribution in [0.3, 0.4) is 0 Å². The molecule has 0 radical (unpaired) electrons. The molecule has 0 saturated carbocycles. The minimum Gasteiger partial charge on any atom is -0.465 e. The molecule has 2 unspecified atom stereocenters. The molecule has 5 rings (SSSR count). The van der Waals surface area contributed by atoms with Crippen molar-refractivity contribution in [1.29, 1.82) is 0 Å². The van der Waals surface area contributed by atoms with Gasteiger partial charge in [0.05, 0.1) is 11.0 Å². The Morgan fingerprint density at radius 1 is 1.06 bits per heavy atom. The Morgan fingerprint density at radius 3 is 2.33 bits per heavy atom. The van der Waals surface area contributed by atoms with E-state index in [2.05, 4.69) is 31.0 Å². The van der Waals surface area contributed by atoms with Crippen LogP contribution in [0, 0.1) is 10.8 Å². The number of imide groups is 1. The number of hydrogen-bond acceptors (Lipinski definition) is 5. The molecule has 3 amide bonds. The molecular formula is C26H35N5O5. The number of imidazole rings is 1. The summed E-state index contributed by atoms with van der Waals surface area (Å²) in [5.74, 6) is -0.747. The zero-order valence-electron chi connectivity index (χ0n) is 21.4. The Labute approximate surface area is 209 Å². The van der Waals surface area contributed by atoms with Gasteiger partial charge in [0, 0.05) is 44.8 Å². The first-order valence-electron chi connectivity index (χ1n) is 12.7. The van der Waals surface area contributed by atoms with Crippen molar-refractivity contribution in [3.05, 3.63) is 28.7 Å². The standard InChI is InChI=1S/C26H35N5O5/c1-25(2,3)22-26(11-14-30(22)24(35)36)9-12-29(13-10-26)16-5-6-17-19(15-16)28(4)23(34)31(17)18-7-8-20(32)27-21(18)33/h5-6,15,18,22H,7-14H2,1-4H3,(H,35,36)(H,27,32,33). The molecule has 1 spiro atoms. The number of likely N-dealkylation sites (tertiary alicyclic amines) is 1. The van der Waals surface area contributed by atoms with Crippen molar-refractivity contribution in [2.75, 3.05) is 24.5 Å². The number of nitrogens with one attached hydrogen (secondary N) is 1. The van der Waals surface area contributed by atoms with Crippen molar-refractivity contribution in [2.45, 2.75) is 65.0 Å². The van der Waals surface area contributed by atoms with Gasteiger partial charge in [-0.2, -0.15) is 0 Å². The Balaban J connectivity index is 1.41. The molecular weight excluding hydrogens is 462 g/mol. The normalized spacial score (nSPS) is 24.6. The zero-order valence-corrected chi connectivity index (χ0v) is 21.4. The number of carboxylic acid groups (broad SMARTS) is 1. The van der Waals surface area contributed by atoms with Crippen LogP contribution in [0.5, 0.6) is 0 Å². The predicted octanol–water partition coefficient (Wildman–Crippen LogP) is 2.70. The van der Waals surface area contributed by atoms with E-state index >= 15 is 0 Å². The van der Waals surface area contributed by atoms with Crippen molar-refractivity contribution in [1.82, 2.24) is 19.4 Å². The average molecular weight is 498 g/mol. The van der Waals surface area contributed by atoms with Gasteiger partial charge in [0.15, 0.2) is 0 Å². The van der Waals surface area contributed by atoms with Crippen molar-refractivity contribution in [2.24, 2.45) is 17.9 Å². The highest BCUT2D eigenvalue weighted by Gasteiger charge is 2.54. The lowest BCUT2D eigenvalue weighted by atomic mass is 9.64. The number of rotatable bonds is 2. The minimum absolute atomic E-state index is 0.0181. The van der Waals surface area contributed by atoms with Gasteiger partial charge in [-0.1, -0.05) is 20.8 Å². The van der Waals surface area contributed by atoms with Crippen LogP contribution in [-0.4, -0.2) is 62.7 Å². The monoisotopic (exact) mass is 497 g/mol. The molecule has 2 atom stereocenters. The maximum atomic E-state index is 13.1. The number of aromatic nitrogens is 2. The van der Waals surface area contributed by atoms with Crippen molar-refractivity contribution >= 4 is 34.6 Å². The summed E-state index contributed by atoms with van der Waals surface area (Å²) in [5.41, 5.74) is 1.98. The van der Waals surface area contributed by atoms with Gasteiger partial charge in [-0.25, -0.2) is 9.59 Å². The second kappa shape index (κ2) is 8.38. The summed E-state index contributed by atoms with van der Waals surface area (Å²) in [4.78, 5) is 53.0. The van der Waals surface area contributed by atoms with Crippen LogP contribution in [0.15, 0.2) is 23.0 Å². The van der Waals surface area contributed by atoms with E-state index in [0.717, 1.165) is 43.6 Å². The van der Waals surface area contributed by atoms with E-state index in [0.29, 0.717) is 18.5 Å². The number of carbonyl (C=O) groups excluding carboxylic acids is 2. The van der Waals surface area contributed by atoms with Crippen LogP contribution < -0.4 is 15.9 Å². The molecule has 2 aromatic rings. The largest absolute Gasteiger partial charge is 0.465 e. The number of hydrogen-bond donors (Lipinski definition) is 2. The summed E-state index contributed by atoms with van der Waals surface area (Å²) in [6, 6.07) is 5.15. The molecule has 3 aliphatic rings. The topological polar surface area (TPSA) is 117 Å². The van der Waals surface area contributed by atoms with Crippen LogP contribution in [0.25, 0.3) is 11.0 Å². The highest BCUT2D eigenvalue weighted by atomic mass is 16.4. The smallest absolute Gasteiger partial charge is 0.407 e. The molecule has 1 aromatic carbocycles. The van der Waals surface area contributed by atoms with Crippen LogP contribution >= 0.6 is 0 Å². The molecule has 2 N–H and O–H groups in total. The molecule has 0 aliphatic carbocycles. The van der Waals surface area contributed by atoms with Crippen LogP contribution in [0.1, 0.15) is 58.9 Å². The molecule has 4 heterocycles. The molecule has 10 heteroatoms. The Kier molecular flexibility index (Phi) is 5.68. The van der Waals surface area contributed by atoms with E-state index in [4.69, 9.17) is 0 Å². The summed E-state index contributed by atoms with van der Waals surface area (Å²) in [6.45, 7) is 8.61. The van der Waals surface area contributed by atoms with E-state index in [1.807, 2.05) is 18.2 Å². The molecule has 194 valence electrons. The van der Waals surface area contributed by atoms with E-state index in [1.54, 1.807) is 16.5 Å². The van der Waals surface area contributed by atoms with E-state index in [-0.39, 0.29) is 34.9 Å². The molecule has 3 saturated heterocycles. The third kappa shape index (κ3) is 3.77. The van der Waals surface area contributed by atoms with Crippen LogP contribution in [-0.2, 0) is 16.6 Å². The van der Waals surface area contributed by atoms with Gasteiger partial charge in [-0.05, 0) is 54.7 Å². The van der Waals surface area contributed by atoms with Gasteiger partial charge < -0.3 is 14.9 Å². The summed E-state index contributed by atoms with van der Waals surface area (Å²) < 4.78 is 3.06. The van der Waals surface area contributed by atoms with E-state index in [1.165, 1.54) is 4.57 Å². The van der Waals surface area contributed by atoms with E-state index < -0.39 is 18.0 Å². The van der Waals surface area contributed by atoms with Crippen LogP contribution in [0.2, 0.25) is 0 Å². The Hall–Kier alpha value is -3.30. The molecule has 3 aliphatic heterocycles. The number of benzene rings is 1. The maximum Gasteiger partial charge on any atom is 0.407 e. The molecule has 10 nitrogen and oxygen atoms in total. The van der Waals surface area contributed by atoms with Crippen molar-refractivity contribution in [3.63, 3.8) is 0 Å². The number of anilines is 1. The van der Waals surface area contributed by atoms with Crippen molar-refractivity contribution in [3.8, 4) is 0 Å². The Bertz CT molecular complexity index is 1290. The zero-order chi connectivity index (χ0) is 26.0. The number of piperidine rings is 2. The molecule has 1 aromatic heterocycles. The lowest BCUT2D eigenvalue weighted by Gasteiger charge is -2.49. The number of carbonyl (C=O) groups is 3. The fourth-order valence-electron chi connectivity index (χ4n) is 7.04. The SMILES string of the molecule is Cn1c(=O)n(C2CCC(=O)NC2=O)c2ccc(N3CCC4(CC3)CCN(C(=O)O)C4C(C)(C)C)cc21. The predicted molar refractivity (Wildman–Crippen MR) is 135 cm³/mol. The second-order valence-electron chi connectivity index (χ2n) is 11.7. The lowest BCUT2D eigenvalue weighted by molar-refractivity contribution is -0.135. The molecule has 36 heavy (non-hydrogen) atoms. The van der Waals surface area contributed by atoms with Gasteiger partial charge >= 0.3 is 11.8 Å². The lowest BCUT2D eigenvalue weighted by Crippen LogP contribution is -2.54. The van der Waals surface area contributed by atoms with E-state index in [9.17, 15) is 24.3 Å². The minimum atomic E-state index is -0.832. The van der Waals surface area contributed by atoms with Crippen molar-refractivity contribution < 1.29 is 19.5 Å². The highest BCUT2D eigenvalue weighted by molar-refractivity contribution is 6.00. The number of fused-ring (bicyclic) bond motifs is 1. The first kappa shape index (κ1) is 24.4. The Morgan fingerprint density at radius 2 is 1.72 bits per heavy atom. The molecule has 3 fully saturated rings. The fraction of sp³-hybridized carbons (Fsp3) is 0.615. The van der Waals surface area contributed by atoms with Gasteiger partial charge in [-0.3, -0.25) is 24.0 Å². The van der Waals surface area contributed by atoms with Gasteiger partial charge in [0.1, 0.15) is 6.04 Å².